The summed E-state index contributed by atoms with van der Waals surface area (Å²) in [5.74, 6) is -1.87. The van der Waals surface area contributed by atoms with Crippen molar-refractivity contribution in [3.05, 3.63) is 23.8 Å². The lowest BCUT2D eigenvalue weighted by molar-refractivity contribution is -0.291. The number of phenolic OH excluding ortho intramolecular Hbond substituents is 2. The average Bonchev–Trinajstić information content (AvgIpc) is 2.62. The van der Waals surface area contributed by atoms with E-state index in [1.54, 1.807) is 0 Å². The smallest absolute Gasteiger partial charge is 0.333 e. The Labute approximate surface area is 148 Å². The number of ether oxygens (including phenoxy) is 3. The van der Waals surface area contributed by atoms with E-state index in [0.717, 1.165) is 6.08 Å². The van der Waals surface area contributed by atoms with Gasteiger partial charge in [0.05, 0.1) is 13.7 Å². The van der Waals surface area contributed by atoms with Gasteiger partial charge in [0.1, 0.15) is 24.4 Å². The quantitative estimate of drug-likeness (QED) is 0.203. The standard InChI is InChI=1S/C16H20O10/c1-24-9-5-7(4-8(18)12(9)20)2-3-11(19)26-16-15(23)14(22)13(21)10(6-17)25-16/h2-5,10,13-18,20-23H,6H2,1H3. The summed E-state index contributed by atoms with van der Waals surface area (Å²) in [6, 6.07) is 2.53. The fourth-order valence-electron chi connectivity index (χ4n) is 2.35. The summed E-state index contributed by atoms with van der Waals surface area (Å²) >= 11 is 0. The Hall–Kier alpha value is -2.37. The average molecular weight is 372 g/mol. The number of hydrogen-bond acceptors (Lipinski definition) is 10. The molecule has 1 fully saturated rings. The second-order valence-corrected chi connectivity index (χ2v) is 5.56. The predicted molar refractivity (Wildman–Crippen MR) is 85.2 cm³/mol. The molecule has 0 saturated carbocycles. The predicted octanol–water partition coefficient (Wildman–Crippen LogP) is -1.54. The number of hydrogen-bond donors (Lipinski definition) is 6. The number of aliphatic hydroxyl groups is 4. The third kappa shape index (κ3) is 4.23. The highest BCUT2D eigenvalue weighted by molar-refractivity contribution is 5.87. The van der Waals surface area contributed by atoms with Crippen molar-refractivity contribution in [1.29, 1.82) is 0 Å². The van der Waals surface area contributed by atoms with Crippen LogP contribution in [0.4, 0.5) is 0 Å². The molecule has 10 heteroatoms. The van der Waals surface area contributed by atoms with Crippen LogP contribution in [0.15, 0.2) is 18.2 Å². The lowest BCUT2D eigenvalue weighted by Gasteiger charge is -2.38. The van der Waals surface area contributed by atoms with Gasteiger partial charge in [-0.1, -0.05) is 0 Å². The summed E-state index contributed by atoms with van der Waals surface area (Å²) in [4.78, 5) is 11.9. The molecule has 0 bridgehead atoms. The summed E-state index contributed by atoms with van der Waals surface area (Å²) in [6.45, 7) is -0.651. The Morgan fingerprint density at radius 1 is 1.19 bits per heavy atom. The van der Waals surface area contributed by atoms with Gasteiger partial charge in [0.25, 0.3) is 0 Å². The summed E-state index contributed by atoms with van der Waals surface area (Å²) in [7, 11) is 1.29. The third-order valence-corrected chi connectivity index (χ3v) is 3.79. The Morgan fingerprint density at radius 3 is 2.50 bits per heavy atom. The van der Waals surface area contributed by atoms with Gasteiger partial charge < -0.3 is 44.8 Å². The minimum Gasteiger partial charge on any atom is -0.504 e. The maximum atomic E-state index is 11.9. The largest absolute Gasteiger partial charge is 0.504 e. The number of aromatic hydroxyl groups is 2. The lowest BCUT2D eigenvalue weighted by atomic mass is 9.99. The van der Waals surface area contributed by atoms with Crippen molar-refractivity contribution in [1.82, 2.24) is 0 Å². The molecule has 0 aromatic heterocycles. The van der Waals surface area contributed by atoms with Crippen LogP contribution in [0.1, 0.15) is 5.56 Å². The summed E-state index contributed by atoms with van der Waals surface area (Å²) in [6.07, 6.45) is -5.53. The zero-order valence-corrected chi connectivity index (χ0v) is 13.7. The zero-order valence-electron chi connectivity index (χ0n) is 13.7. The van der Waals surface area contributed by atoms with Crippen molar-refractivity contribution >= 4 is 12.0 Å². The van der Waals surface area contributed by atoms with Crippen LogP contribution in [0, 0.1) is 0 Å². The number of methoxy groups -OCH3 is 1. The molecule has 1 aliphatic rings. The number of carbonyl (C=O) groups excluding carboxylic acids is 1. The van der Waals surface area contributed by atoms with Crippen molar-refractivity contribution in [2.24, 2.45) is 0 Å². The van der Waals surface area contributed by atoms with Crippen molar-refractivity contribution in [3.63, 3.8) is 0 Å². The van der Waals surface area contributed by atoms with E-state index in [4.69, 9.17) is 19.3 Å². The SMILES string of the molecule is COc1cc(C=CC(=O)OC2OC(CO)C(O)C(O)C2O)cc(O)c1O. The molecule has 1 aromatic rings. The van der Waals surface area contributed by atoms with Crippen molar-refractivity contribution in [3.8, 4) is 17.2 Å². The van der Waals surface area contributed by atoms with Crippen molar-refractivity contribution < 1.29 is 49.6 Å². The van der Waals surface area contributed by atoms with Crippen LogP contribution in [0.3, 0.4) is 0 Å². The second-order valence-electron chi connectivity index (χ2n) is 5.56. The Balaban J connectivity index is 2.06. The second kappa shape index (κ2) is 8.34. The first-order chi connectivity index (χ1) is 12.3. The maximum Gasteiger partial charge on any atom is 0.333 e. The summed E-state index contributed by atoms with van der Waals surface area (Å²) < 4.78 is 14.8. The molecule has 144 valence electrons. The minimum atomic E-state index is -1.71. The van der Waals surface area contributed by atoms with Gasteiger partial charge in [-0.15, -0.1) is 0 Å². The Morgan fingerprint density at radius 2 is 1.88 bits per heavy atom. The van der Waals surface area contributed by atoms with Gasteiger partial charge in [-0.3, -0.25) is 0 Å². The molecule has 0 spiro atoms. The maximum absolute atomic E-state index is 11.9. The van der Waals surface area contributed by atoms with Crippen LogP contribution >= 0.6 is 0 Å². The van der Waals surface area contributed by atoms with Crippen LogP contribution in [-0.4, -0.2) is 81.0 Å². The number of aliphatic hydroxyl groups excluding tert-OH is 4. The van der Waals surface area contributed by atoms with Crippen molar-refractivity contribution in [2.75, 3.05) is 13.7 Å². The van der Waals surface area contributed by atoms with Crippen LogP contribution in [0.2, 0.25) is 0 Å². The van der Waals surface area contributed by atoms with E-state index in [-0.39, 0.29) is 5.75 Å². The molecule has 0 aliphatic carbocycles. The fraction of sp³-hybridized carbons (Fsp3) is 0.438. The van der Waals surface area contributed by atoms with E-state index in [0.29, 0.717) is 5.56 Å². The molecule has 1 aromatic carbocycles. The van der Waals surface area contributed by atoms with E-state index >= 15 is 0 Å². The van der Waals surface area contributed by atoms with Crippen LogP contribution < -0.4 is 4.74 Å². The van der Waals surface area contributed by atoms with Gasteiger partial charge in [0.15, 0.2) is 11.5 Å². The molecule has 5 atom stereocenters. The van der Waals surface area contributed by atoms with Crippen LogP contribution in [0.25, 0.3) is 6.08 Å². The number of benzene rings is 1. The number of phenols is 2. The highest BCUT2D eigenvalue weighted by Gasteiger charge is 2.45. The Bertz CT molecular complexity index is 671. The van der Waals surface area contributed by atoms with E-state index in [1.165, 1.54) is 25.3 Å². The molecule has 6 N–H and O–H groups in total. The molecule has 0 amide bonds. The molecular formula is C16H20O10. The number of carbonyl (C=O) groups is 1. The molecule has 5 unspecified atom stereocenters. The van der Waals surface area contributed by atoms with Gasteiger partial charge in [-0.05, 0) is 23.8 Å². The van der Waals surface area contributed by atoms with E-state index in [1.807, 2.05) is 0 Å². The molecule has 2 rings (SSSR count). The van der Waals surface area contributed by atoms with E-state index in [9.17, 15) is 30.3 Å². The number of rotatable bonds is 5. The third-order valence-electron chi connectivity index (χ3n) is 3.79. The fourth-order valence-corrected chi connectivity index (χ4v) is 2.35. The van der Waals surface area contributed by atoms with E-state index in [2.05, 4.69) is 0 Å². The lowest BCUT2D eigenvalue weighted by Crippen LogP contribution is -2.59. The molecule has 10 nitrogen and oxygen atoms in total. The highest BCUT2D eigenvalue weighted by Crippen LogP contribution is 2.36. The zero-order chi connectivity index (χ0) is 19.4. The first-order valence-corrected chi connectivity index (χ1v) is 7.57. The van der Waals surface area contributed by atoms with Gasteiger partial charge in [-0.2, -0.15) is 0 Å². The van der Waals surface area contributed by atoms with E-state index < -0.39 is 54.8 Å². The van der Waals surface area contributed by atoms with Crippen LogP contribution in [-0.2, 0) is 14.3 Å². The number of esters is 1. The monoisotopic (exact) mass is 372 g/mol. The molecule has 0 radical (unpaired) electrons. The van der Waals surface area contributed by atoms with Crippen molar-refractivity contribution in [2.45, 2.75) is 30.7 Å². The summed E-state index contributed by atoms with van der Waals surface area (Å²) in [5, 5.41) is 57.3. The summed E-state index contributed by atoms with van der Waals surface area (Å²) in [5.41, 5.74) is 0.308. The van der Waals surface area contributed by atoms with Crippen LogP contribution in [0.5, 0.6) is 17.2 Å². The Kier molecular flexibility index (Phi) is 6.40. The van der Waals surface area contributed by atoms with Gasteiger partial charge in [0, 0.05) is 6.08 Å². The minimum absolute atomic E-state index is 0.00745. The first-order valence-electron chi connectivity index (χ1n) is 7.57. The highest BCUT2D eigenvalue weighted by atomic mass is 16.7. The molecular weight excluding hydrogens is 352 g/mol. The molecule has 1 saturated heterocycles. The van der Waals surface area contributed by atoms with Gasteiger partial charge >= 0.3 is 5.97 Å². The van der Waals surface area contributed by atoms with Gasteiger partial charge in [0.2, 0.25) is 12.0 Å². The molecule has 1 heterocycles. The molecule has 26 heavy (non-hydrogen) atoms. The topological polar surface area (TPSA) is 166 Å². The normalized spacial score (nSPS) is 28.9. The van der Waals surface area contributed by atoms with Gasteiger partial charge in [-0.25, -0.2) is 4.79 Å². The molecule has 1 aliphatic heterocycles. The first kappa shape index (κ1) is 19.9.